The van der Waals surface area contributed by atoms with Gasteiger partial charge < -0.3 is 25.4 Å². The number of ether oxygens (including phenoxy) is 2. The van der Waals surface area contributed by atoms with Gasteiger partial charge in [0.05, 0.1) is 18.7 Å². The van der Waals surface area contributed by atoms with Crippen molar-refractivity contribution in [3.63, 3.8) is 0 Å². The zero-order chi connectivity index (χ0) is 23.1. The number of nitrogens with two attached hydrogens (primary N) is 1. The summed E-state index contributed by atoms with van der Waals surface area (Å²) in [6.45, 7) is 7.44. The van der Waals surface area contributed by atoms with E-state index in [9.17, 15) is 9.59 Å². The van der Waals surface area contributed by atoms with Gasteiger partial charge in [-0.05, 0) is 45.7 Å². The van der Waals surface area contributed by atoms with E-state index in [-0.39, 0.29) is 18.4 Å². The first kappa shape index (κ1) is 23.3. The highest BCUT2D eigenvalue weighted by atomic mass is 16.5. The highest BCUT2D eigenvalue weighted by Gasteiger charge is 2.26. The van der Waals surface area contributed by atoms with E-state index in [1.807, 2.05) is 31.2 Å². The van der Waals surface area contributed by atoms with Gasteiger partial charge in [-0.25, -0.2) is 9.97 Å². The van der Waals surface area contributed by atoms with Gasteiger partial charge in [-0.2, -0.15) is 0 Å². The Morgan fingerprint density at radius 3 is 2.56 bits per heavy atom. The molecular formula is C23H31N5O4. The van der Waals surface area contributed by atoms with Crippen LogP contribution in [0.4, 0.5) is 5.95 Å². The van der Waals surface area contributed by atoms with Crippen molar-refractivity contribution in [1.82, 2.24) is 15.3 Å². The first-order valence-corrected chi connectivity index (χ1v) is 10.8. The molecule has 1 aliphatic rings. The van der Waals surface area contributed by atoms with Crippen molar-refractivity contribution in [3.05, 3.63) is 42.2 Å². The van der Waals surface area contributed by atoms with Gasteiger partial charge in [0.15, 0.2) is 11.5 Å². The van der Waals surface area contributed by atoms with E-state index in [4.69, 9.17) is 15.2 Å². The number of rotatable bonds is 9. The second-order valence-corrected chi connectivity index (χ2v) is 8.46. The topological polar surface area (TPSA) is 120 Å². The van der Waals surface area contributed by atoms with Crippen molar-refractivity contribution in [3.8, 4) is 11.5 Å². The predicted molar refractivity (Wildman–Crippen MR) is 121 cm³/mol. The molecule has 1 atom stereocenters. The number of primary amides is 1. The van der Waals surface area contributed by atoms with E-state index in [1.165, 1.54) is 12.4 Å². The highest BCUT2D eigenvalue weighted by Crippen LogP contribution is 2.29. The maximum Gasteiger partial charge on any atom is 0.254 e. The van der Waals surface area contributed by atoms with Crippen LogP contribution in [-0.4, -0.2) is 53.1 Å². The monoisotopic (exact) mass is 441 g/mol. The molecule has 9 heteroatoms. The van der Waals surface area contributed by atoms with Crippen molar-refractivity contribution in [1.29, 1.82) is 0 Å². The van der Waals surface area contributed by atoms with Gasteiger partial charge in [-0.3, -0.25) is 9.59 Å². The third kappa shape index (κ3) is 6.32. The molecule has 0 spiro atoms. The van der Waals surface area contributed by atoms with E-state index < -0.39 is 11.4 Å². The summed E-state index contributed by atoms with van der Waals surface area (Å²) in [6.07, 6.45) is 4.87. The SMILES string of the molecule is CCOc1ccccc1OC1CCCN(c2ncc(C(=O)NC(C)(C)CC(N)=O)cn2)C1. The number of hydrogen-bond donors (Lipinski definition) is 2. The molecule has 1 fully saturated rings. The van der Waals surface area contributed by atoms with Crippen molar-refractivity contribution in [2.45, 2.75) is 51.7 Å². The number of carbonyl (C=O) groups is 2. The number of benzene rings is 1. The Kier molecular flexibility index (Phi) is 7.50. The lowest BCUT2D eigenvalue weighted by Crippen LogP contribution is -2.46. The average Bonchev–Trinajstić information content (AvgIpc) is 2.74. The van der Waals surface area contributed by atoms with Crippen LogP contribution in [0.2, 0.25) is 0 Å². The minimum Gasteiger partial charge on any atom is -0.490 e. The van der Waals surface area contributed by atoms with Crippen LogP contribution in [-0.2, 0) is 4.79 Å². The van der Waals surface area contributed by atoms with Crippen LogP contribution in [0.1, 0.15) is 50.4 Å². The summed E-state index contributed by atoms with van der Waals surface area (Å²) in [5.74, 6) is 1.18. The van der Waals surface area contributed by atoms with Gasteiger partial charge in [0.25, 0.3) is 5.91 Å². The summed E-state index contributed by atoms with van der Waals surface area (Å²) in [5, 5.41) is 2.79. The van der Waals surface area contributed by atoms with Crippen molar-refractivity contribution < 1.29 is 19.1 Å². The maximum absolute atomic E-state index is 12.5. The quantitative estimate of drug-likeness (QED) is 0.613. The molecule has 0 aliphatic carbocycles. The van der Waals surface area contributed by atoms with Crippen molar-refractivity contribution in [2.24, 2.45) is 5.73 Å². The number of nitrogens with one attached hydrogen (secondary N) is 1. The largest absolute Gasteiger partial charge is 0.490 e. The van der Waals surface area contributed by atoms with E-state index >= 15 is 0 Å². The molecule has 1 aromatic carbocycles. The van der Waals surface area contributed by atoms with Gasteiger partial charge in [-0.15, -0.1) is 0 Å². The minimum absolute atomic E-state index is 0.0217. The molecule has 9 nitrogen and oxygen atoms in total. The number of hydrogen-bond acceptors (Lipinski definition) is 7. The van der Waals surface area contributed by atoms with Gasteiger partial charge in [0.1, 0.15) is 6.10 Å². The maximum atomic E-state index is 12.5. The van der Waals surface area contributed by atoms with E-state index in [2.05, 4.69) is 20.2 Å². The van der Waals surface area contributed by atoms with Gasteiger partial charge in [-0.1, -0.05) is 12.1 Å². The molecule has 1 saturated heterocycles. The highest BCUT2D eigenvalue weighted by molar-refractivity contribution is 5.94. The Balaban J connectivity index is 1.62. The summed E-state index contributed by atoms with van der Waals surface area (Å²) in [6, 6.07) is 7.66. The van der Waals surface area contributed by atoms with Crippen LogP contribution in [0.5, 0.6) is 11.5 Å². The molecule has 0 saturated carbocycles. The fourth-order valence-corrected chi connectivity index (χ4v) is 3.68. The molecule has 32 heavy (non-hydrogen) atoms. The summed E-state index contributed by atoms with van der Waals surface area (Å²) in [4.78, 5) is 34.5. The molecule has 1 aliphatic heterocycles. The predicted octanol–water partition coefficient (Wildman–Crippen LogP) is 2.31. The molecule has 2 heterocycles. The summed E-state index contributed by atoms with van der Waals surface area (Å²) in [7, 11) is 0. The molecule has 0 radical (unpaired) electrons. The summed E-state index contributed by atoms with van der Waals surface area (Å²) < 4.78 is 11.9. The molecule has 3 N–H and O–H groups in total. The van der Waals surface area contributed by atoms with Gasteiger partial charge in [0.2, 0.25) is 11.9 Å². The Morgan fingerprint density at radius 2 is 1.91 bits per heavy atom. The number of piperidine rings is 1. The van der Waals surface area contributed by atoms with Crippen LogP contribution in [0.15, 0.2) is 36.7 Å². The first-order chi connectivity index (χ1) is 15.3. The molecule has 1 unspecified atom stereocenters. The normalized spacial score (nSPS) is 16.3. The molecule has 172 valence electrons. The van der Waals surface area contributed by atoms with E-state index in [0.717, 1.165) is 30.9 Å². The van der Waals surface area contributed by atoms with Gasteiger partial charge >= 0.3 is 0 Å². The second kappa shape index (κ2) is 10.3. The van der Waals surface area contributed by atoms with Crippen LogP contribution in [0, 0.1) is 0 Å². The second-order valence-electron chi connectivity index (χ2n) is 8.46. The molecule has 1 aromatic heterocycles. The molecule has 2 amide bonds. The minimum atomic E-state index is -0.753. The fourth-order valence-electron chi connectivity index (χ4n) is 3.68. The number of amides is 2. The molecular weight excluding hydrogens is 410 g/mol. The lowest BCUT2D eigenvalue weighted by Gasteiger charge is -2.33. The van der Waals surface area contributed by atoms with Gasteiger partial charge in [0, 0.05) is 30.9 Å². The van der Waals surface area contributed by atoms with Crippen LogP contribution in [0.3, 0.4) is 0 Å². The Bertz CT molecular complexity index is 932. The standard InChI is InChI=1S/C23H31N5O4/c1-4-31-18-9-5-6-10-19(18)32-17-8-7-11-28(15-17)22-25-13-16(14-26-22)21(30)27-23(2,3)12-20(24)29/h5-6,9-10,13-14,17H,4,7-8,11-12,15H2,1-3H3,(H2,24,29)(H,27,30). The third-order valence-electron chi connectivity index (χ3n) is 5.07. The van der Waals surface area contributed by atoms with Crippen LogP contribution < -0.4 is 25.4 Å². The number of anilines is 1. The Hall–Kier alpha value is -3.36. The number of carbonyl (C=O) groups excluding carboxylic acids is 2. The van der Waals surface area contributed by atoms with Crippen molar-refractivity contribution >= 4 is 17.8 Å². The zero-order valence-corrected chi connectivity index (χ0v) is 18.8. The van der Waals surface area contributed by atoms with E-state index in [1.54, 1.807) is 13.8 Å². The Morgan fingerprint density at radius 1 is 1.22 bits per heavy atom. The summed E-state index contributed by atoms with van der Waals surface area (Å²) >= 11 is 0. The van der Waals surface area contributed by atoms with E-state index in [0.29, 0.717) is 24.7 Å². The van der Waals surface area contributed by atoms with Crippen molar-refractivity contribution in [2.75, 3.05) is 24.6 Å². The Labute approximate surface area is 188 Å². The number of nitrogens with zero attached hydrogens (tertiary/aromatic N) is 3. The molecule has 2 aromatic rings. The summed E-state index contributed by atoms with van der Waals surface area (Å²) in [5.41, 5.74) is 4.81. The lowest BCUT2D eigenvalue weighted by atomic mass is 10.00. The third-order valence-corrected chi connectivity index (χ3v) is 5.07. The van der Waals surface area contributed by atoms with Crippen LogP contribution in [0.25, 0.3) is 0 Å². The smallest absolute Gasteiger partial charge is 0.254 e. The zero-order valence-electron chi connectivity index (χ0n) is 18.8. The molecule has 3 rings (SSSR count). The fraction of sp³-hybridized carbons (Fsp3) is 0.478. The average molecular weight is 442 g/mol. The molecule has 0 bridgehead atoms. The first-order valence-electron chi connectivity index (χ1n) is 10.8. The number of para-hydroxylation sites is 2. The van der Waals surface area contributed by atoms with Crippen LogP contribution >= 0.6 is 0 Å². The number of aromatic nitrogens is 2. The lowest BCUT2D eigenvalue weighted by molar-refractivity contribution is -0.119.